The predicted molar refractivity (Wildman–Crippen MR) is 47.9 cm³/mol. The molecule has 0 unspecified atom stereocenters. The largest absolute Gasteiger partial charge is 0.410 e. The van der Waals surface area contributed by atoms with Crippen molar-refractivity contribution in [3.8, 4) is 0 Å². The van der Waals surface area contributed by atoms with Crippen molar-refractivity contribution >= 4 is 6.09 Å². The van der Waals surface area contributed by atoms with Crippen LogP contribution in [0.2, 0.25) is 0 Å². The van der Waals surface area contributed by atoms with Gasteiger partial charge in [-0.3, -0.25) is 0 Å². The zero-order valence-corrected chi connectivity index (χ0v) is 7.78. The lowest BCUT2D eigenvalue weighted by Crippen LogP contribution is -2.33. The molecule has 0 radical (unpaired) electrons. The molecule has 6 nitrogen and oxygen atoms in total. The summed E-state index contributed by atoms with van der Waals surface area (Å²) in [4.78, 5) is 13.4. The van der Waals surface area contributed by atoms with Crippen molar-refractivity contribution in [2.24, 2.45) is 5.11 Å². The Balaban J connectivity index is 3.58. The van der Waals surface area contributed by atoms with E-state index in [4.69, 9.17) is 10.3 Å². The fraction of sp³-hybridized carbons (Fsp3) is 0.714. The van der Waals surface area contributed by atoms with Gasteiger partial charge < -0.3 is 10.1 Å². The topological polar surface area (TPSA) is 87.1 Å². The lowest BCUT2D eigenvalue weighted by atomic mass is 10.2. The maximum atomic E-state index is 10.9. The summed E-state index contributed by atoms with van der Waals surface area (Å²) < 4.78 is 4.82. The second kappa shape index (κ2) is 5.16. The highest BCUT2D eigenvalue weighted by Gasteiger charge is 2.22. The summed E-state index contributed by atoms with van der Waals surface area (Å²) in [5.74, 6) is 0. The smallest absolute Gasteiger partial charge is 0.403 e. The summed E-state index contributed by atoms with van der Waals surface area (Å²) in [5, 5.41) is 5.64. The fourth-order valence-electron chi connectivity index (χ4n) is 0.540. The Hall–Kier alpha value is -1.55. The number of nitrogens with zero attached hydrogens (tertiary/aromatic N) is 3. The Morgan fingerprint density at radius 3 is 2.85 bits per heavy atom. The van der Waals surface area contributed by atoms with E-state index in [-0.39, 0.29) is 13.1 Å². The standard InChI is InChI=1S/C7H12N4O2/c1-7(2,3)13-6(12)9-4-5-10-11-8/h1,4-5H2,2-3H3/p+1. The molecular formula is C7H13N4O2+. The normalized spacial score (nSPS) is 10.0. The van der Waals surface area contributed by atoms with E-state index in [1.807, 2.05) is 0 Å². The van der Waals surface area contributed by atoms with E-state index in [1.165, 1.54) is 0 Å². The second-order valence-electron chi connectivity index (χ2n) is 3.03. The average molecular weight is 185 g/mol. The van der Waals surface area contributed by atoms with E-state index in [9.17, 15) is 4.79 Å². The molecular weight excluding hydrogens is 172 g/mol. The number of alkyl carbamates (subject to hydrolysis) is 1. The molecule has 0 aliphatic heterocycles. The maximum absolute atomic E-state index is 10.9. The summed E-state index contributed by atoms with van der Waals surface area (Å²) in [6.45, 7) is 7.40. The Morgan fingerprint density at radius 2 is 2.38 bits per heavy atom. The van der Waals surface area contributed by atoms with Crippen molar-refractivity contribution in [2.45, 2.75) is 19.4 Å². The quantitative estimate of drug-likeness (QED) is 0.237. The molecule has 1 N–H and O–H groups in total. The fourth-order valence-corrected chi connectivity index (χ4v) is 0.540. The number of rotatable bonds is 4. The van der Waals surface area contributed by atoms with Crippen LogP contribution in [0.15, 0.2) is 5.11 Å². The zero-order chi connectivity index (χ0) is 10.3. The third-order valence-electron chi connectivity index (χ3n) is 0.913. The molecule has 72 valence electrons. The molecule has 0 saturated carbocycles. The second-order valence-corrected chi connectivity index (χ2v) is 3.03. The lowest BCUT2D eigenvalue weighted by molar-refractivity contribution is 0.0705. The molecule has 0 aliphatic rings. The third kappa shape index (κ3) is 8.36. The molecule has 0 spiro atoms. The van der Waals surface area contributed by atoms with Gasteiger partial charge in [0, 0.05) is 31.8 Å². The van der Waals surface area contributed by atoms with Crippen LogP contribution in [0.1, 0.15) is 13.8 Å². The monoisotopic (exact) mass is 185 g/mol. The van der Waals surface area contributed by atoms with E-state index in [2.05, 4.69) is 22.3 Å². The van der Waals surface area contributed by atoms with Crippen LogP contribution in [0.3, 0.4) is 0 Å². The van der Waals surface area contributed by atoms with Crippen molar-refractivity contribution in [3.05, 3.63) is 17.4 Å². The van der Waals surface area contributed by atoms with E-state index < -0.39 is 11.7 Å². The van der Waals surface area contributed by atoms with Crippen molar-refractivity contribution in [1.29, 1.82) is 0 Å². The van der Waals surface area contributed by atoms with Crippen LogP contribution in [0.4, 0.5) is 4.79 Å². The van der Waals surface area contributed by atoms with Gasteiger partial charge in [0.25, 0.3) is 0 Å². The van der Waals surface area contributed by atoms with Crippen molar-refractivity contribution < 1.29 is 9.53 Å². The SMILES string of the molecule is [CH2+]C(C)(C)OC(=O)NCCN=[N+]=[N-]. The van der Waals surface area contributed by atoms with Gasteiger partial charge in [-0.05, 0) is 5.53 Å². The Kier molecular flexibility index (Phi) is 4.54. The summed E-state index contributed by atoms with van der Waals surface area (Å²) >= 11 is 0. The highest BCUT2D eigenvalue weighted by atomic mass is 16.6. The minimum atomic E-state index is -0.747. The molecule has 0 atom stereocenters. The summed E-state index contributed by atoms with van der Waals surface area (Å²) in [5.41, 5.74) is 7.17. The first-order chi connectivity index (χ1) is 5.95. The first kappa shape index (κ1) is 11.4. The van der Waals surface area contributed by atoms with E-state index in [0.29, 0.717) is 0 Å². The molecule has 6 heteroatoms. The van der Waals surface area contributed by atoms with Gasteiger partial charge in [0.15, 0.2) is 0 Å². The molecule has 13 heavy (non-hydrogen) atoms. The van der Waals surface area contributed by atoms with Gasteiger partial charge in [-0.2, -0.15) is 0 Å². The van der Waals surface area contributed by atoms with Crippen molar-refractivity contribution in [1.82, 2.24) is 5.32 Å². The number of hydrogen-bond acceptors (Lipinski definition) is 3. The third-order valence-corrected chi connectivity index (χ3v) is 0.913. The molecule has 0 aromatic carbocycles. The van der Waals surface area contributed by atoms with Crippen molar-refractivity contribution in [2.75, 3.05) is 13.1 Å². The van der Waals surface area contributed by atoms with Gasteiger partial charge in [0.2, 0.25) is 5.60 Å². The summed E-state index contributed by atoms with van der Waals surface area (Å²) in [7, 11) is 0. The molecule has 1 amide bonds. The first-order valence-electron chi connectivity index (χ1n) is 3.79. The number of hydrogen-bond donors (Lipinski definition) is 1. The Bertz CT molecular complexity index is 215. The van der Waals surface area contributed by atoms with Gasteiger partial charge in [0.05, 0.1) is 0 Å². The van der Waals surface area contributed by atoms with Crippen LogP contribution in [-0.4, -0.2) is 24.8 Å². The minimum absolute atomic E-state index is 0.211. The van der Waals surface area contributed by atoms with Crippen molar-refractivity contribution in [3.63, 3.8) is 0 Å². The van der Waals surface area contributed by atoms with Gasteiger partial charge in [-0.15, -0.1) is 0 Å². The zero-order valence-electron chi connectivity index (χ0n) is 7.78. The molecule has 0 fully saturated rings. The van der Waals surface area contributed by atoms with Crippen LogP contribution in [-0.2, 0) is 4.74 Å². The number of carbonyl (C=O) groups excluding carboxylic acids is 1. The highest BCUT2D eigenvalue weighted by molar-refractivity contribution is 5.67. The molecule has 0 aliphatic carbocycles. The molecule has 0 aromatic rings. The van der Waals surface area contributed by atoms with Gasteiger partial charge >= 0.3 is 6.09 Å². The highest BCUT2D eigenvalue weighted by Crippen LogP contribution is 2.05. The molecule has 0 aromatic heterocycles. The van der Waals surface area contributed by atoms with Gasteiger partial charge in [0.1, 0.15) is 6.92 Å². The molecule has 0 bridgehead atoms. The van der Waals surface area contributed by atoms with E-state index in [0.717, 1.165) is 0 Å². The number of azide groups is 1. The summed E-state index contributed by atoms with van der Waals surface area (Å²) in [6.07, 6.45) is -0.562. The summed E-state index contributed by atoms with van der Waals surface area (Å²) in [6, 6.07) is 0. The molecule has 0 saturated heterocycles. The first-order valence-corrected chi connectivity index (χ1v) is 3.79. The number of carbonyl (C=O) groups is 1. The van der Waals surface area contributed by atoms with Crippen LogP contribution >= 0.6 is 0 Å². The van der Waals surface area contributed by atoms with Crippen LogP contribution in [0, 0.1) is 6.92 Å². The molecule has 0 rings (SSSR count). The van der Waals surface area contributed by atoms with Gasteiger partial charge in [-0.25, -0.2) is 4.79 Å². The van der Waals surface area contributed by atoms with E-state index >= 15 is 0 Å². The number of ether oxygens (including phenoxy) is 1. The van der Waals surface area contributed by atoms with Crippen LogP contribution < -0.4 is 5.32 Å². The predicted octanol–water partition coefficient (Wildman–Crippen LogP) is 1.64. The Labute approximate surface area is 76.9 Å². The van der Waals surface area contributed by atoms with Crippen LogP contribution in [0.25, 0.3) is 10.4 Å². The number of amides is 1. The molecule has 0 heterocycles. The average Bonchev–Trinajstić information content (AvgIpc) is 1.94. The van der Waals surface area contributed by atoms with Gasteiger partial charge in [-0.1, -0.05) is 5.11 Å². The number of nitrogens with one attached hydrogen (secondary N) is 1. The minimum Gasteiger partial charge on any atom is -0.403 e. The maximum Gasteiger partial charge on any atom is 0.410 e. The van der Waals surface area contributed by atoms with Crippen LogP contribution in [0.5, 0.6) is 0 Å². The van der Waals surface area contributed by atoms with E-state index in [1.54, 1.807) is 13.8 Å². The lowest BCUT2D eigenvalue weighted by Gasteiger charge is -2.12. The Morgan fingerprint density at radius 1 is 1.77 bits per heavy atom.